The van der Waals surface area contributed by atoms with Crippen LogP contribution in [0.25, 0.3) is 0 Å². The number of hydrogen-bond donors (Lipinski definition) is 1. The van der Waals surface area contributed by atoms with Crippen molar-refractivity contribution in [3.63, 3.8) is 0 Å². The highest BCUT2D eigenvalue weighted by Crippen LogP contribution is 2.31. The van der Waals surface area contributed by atoms with Gasteiger partial charge in [0.1, 0.15) is 11.8 Å². The van der Waals surface area contributed by atoms with Crippen molar-refractivity contribution < 1.29 is 4.74 Å². The number of benzene rings is 1. The predicted octanol–water partition coefficient (Wildman–Crippen LogP) is 2.98. The molecule has 4 nitrogen and oxygen atoms in total. The maximum absolute atomic E-state index is 8.87. The summed E-state index contributed by atoms with van der Waals surface area (Å²) >= 11 is 5.96. The first kappa shape index (κ1) is 11.2. The van der Waals surface area contributed by atoms with Crippen LogP contribution in [0.1, 0.15) is 5.69 Å². The van der Waals surface area contributed by atoms with Crippen LogP contribution >= 0.6 is 11.6 Å². The molecule has 0 aliphatic heterocycles. The zero-order chi connectivity index (χ0) is 12.3. The third-order valence-electron chi connectivity index (χ3n) is 2.05. The van der Waals surface area contributed by atoms with Crippen molar-refractivity contribution >= 4 is 17.3 Å². The highest BCUT2D eigenvalue weighted by Gasteiger charge is 2.08. The molecule has 2 N–H and O–H groups in total. The molecular weight excluding hydrogens is 238 g/mol. The minimum absolute atomic E-state index is 0.200. The van der Waals surface area contributed by atoms with E-state index in [0.717, 1.165) is 0 Å². The Morgan fingerprint density at radius 2 is 2.12 bits per heavy atom. The fourth-order valence-corrected chi connectivity index (χ4v) is 1.43. The Bertz CT molecular complexity index is 593. The van der Waals surface area contributed by atoms with Gasteiger partial charge in [0.15, 0.2) is 11.4 Å². The van der Waals surface area contributed by atoms with E-state index >= 15 is 0 Å². The molecule has 0 spiro atoms. The number of pyridine rings is 1. The molecule has 0 atom stereocenters. The number of nitrogens with zero attached hydrogens (tertiary/aromatic N) is 2. The lowest BCUT2D eigenvalue weighted by molar-refractivity contribution is 0.479. The number of anilines is 1. The van der Waals surface area contributed by atoms with Crippen molar-refractivity contribution in [1.82, 2.24) is 4.98 Å². The Balaban J connectivity index is 2.38. The van der Waals surface area contributed by atoms with Gasteiger partial charge >= 0.3 is 0 Å². The van der Waals surface area contributed by atoms with Crippen LogP contribution in [-0.4, -0.2) is 4.98 Å². The van der Waals surface area contributed by atoms with Gasteiger partial charge in [0.05, 0.1) is 5.02 Å². The van der Waals surface area contributed by atoms with Gasteiger partial charge in [0.25, 0.3) is 0 Å². The van der Waals surface area contributed by atoms with Crippen LogP contribution in [-0.2, 0) is 0 Å². The first-order valence-electron chi connectivity index (χ1n) is 4.78. The molecule has 0 aliphatic rings. The fraction of sp³-hybridized carbons (Fsp3) is 0. The molecule has 0 saturated heterocycles. The van der Waals surface area contributed by atoms with Crippen molar-refractivity contribution in [3.05, 3.63) is 47.2 Å². The predicted molar refractivity (Wildman–Crippen MR) is 64.9 cm³/mol. The Morgan fingerprint density at radius 3 is 2.88 bits per heavy atom. The van der Waals surface area contributed by atoms with Gasteiger partial charge in [-0.25, -0.2) is 4.98 Å². The van der Waals surface area contributed by atoms with E-state index in [1.54, 1.807) is 30.3 Å². The molecule has 17 heavy (non-hydrogen) atoms. The first-order chi connectivity index (χ1) is 8.20. The molecule has 0 bridgehead atoms. The monoisotopic (exact) mass is 245 g/mol. The molecule has 0 radical (unpaired) electrons. The lowest BCUT2D eigenvalue weighted by Crippen LogP contribution is -1.92. The number of nitrogen functional groups attached to an aromatic ring is 1. The van der Waals surface area contributed by atoms with Crippen molar-refractivity contribution in [2.75, 3.05) is 5.73 Å². The van der Waals surface area contributed by atoms with Crippen LogP contribution in [0.5, 0.6) is 11.5 Å². The third-order valence-corrected chi connectivity index (χ3v) is 2.36. The number of ether oxygens (including phenoxy) is 1. The van der Waals surface area contributed by atoms with Crippen molar-refractivity contribution in [3.8, 4) is 17.6 Å². The number of aromatic nitrogens is 1. The zero-order valence-electron chi connectivity index (χ0n) is 8.72. The summed E-state index contributed by atoms with van der Waals surface area (Å²) in [5, 5.41) is 9.29. The van der Waals surface area contributed by atoms with Gasteiger partial charge in [-0.05, 0) is 24.3 Å². The summed E-state index contributed by atoms with van der Waals surface area (Å²) < 4.78 is 5.52. The summed E-state index contributed by atoms with van der Waals surface area (Å²) in [5.74, 6) is 0.749. The van der Waals surface area contributed by atoms with Crippen molar-refractivity contribution in [1.29, 1.82) is 5.26 Å². The second-order valence-electron chi connectivity index (χ2n) is 3.25. The molecule has 0 unspecified atom stereocenters. The van der Waals surface area contributed by atoms with Gasteiger partial charge < -0.3 is 10.5 Å². The summed E-state index contributed by atoms with van der Waals surface area (Å²) in [4.78, 5) is 3.88. The normalized spacial score (nSPS) is 9.65. The molecule has 0 amide bonds. The van der Waals surface area contributed by atoms with E-state index in [4.69, 9.17) is 27.3 Å². The molecule has 2 rings (SSSR count). The van der Waals surface area contributed by atoms with Crippen LogP contribution in [0.2, 0.25) is 5.02 Å². The molecule has 0 aliphatic carbocycles. The summed E-state index contributed by atoms with van der Waals surface area (Å²) in [6.45, 7) is 0. The fourth-order valence-electron chi connectivity index (χ4n) is 1.27. The molecule has 0 fully saturated rings. The van der Waals surface area contributed by atoms with Crippen LogP contribution in [0.3, 0.4) is 0 Å². The summed E-state index contributed by atoms with van der Waals surface area (Å²) in [7, 11) is 0. The Morgan fingerprint density at radius 1 is 1.29 bits per heavy atom. The summed E-state index contributed by atoms with van der Waals surface area (Å²) in [5.41, 5.74) is 6.37. The van der Waals surface area contributed by atoms with E-state index in [9.17, 15) is 0 Å². The number of hydrogen-bond acceptors (Lipinski definition) is 4. The number of nitriles is 1. The van der Waals surface area contributed by atoms with Gasteiger partial charge in [-0.1, -0.05) is 11.6 Å². The Hall–Kier alpha value is -2.25. The van der Waals surface area contributed by atoms with Crippen molar-refractivity contribution in [2.24, 2.45) is 0 Å². The topological polar surface area (TPSA) is 71.9 Å². The van der Waals surface area contributed by atoms with Gasteiger partial charge in [0.2, 0.25) is 0 Å². The van der Waals surface area contributed by atoms with E-state index < -0.39 is 0 Å². The average Bonchev–Trinajstić information content (AvgIpc) is 2.34. The van der Waals surface area contributed by atoms with Crippen LogP contribution in [0.15, 0.2) is 36.5 Å². The lowest BCUT2D eigenvalue weighted by atomic mass is 10.3. The molecular formula is C12H8ClN3O. The van der Waals surface area contributed by atoms with Gasteiger partial charge in [-0.2, -0.15) is 5.26 Å². The standard InChI is InChI=1S/C12H8ClN3O/c13-9-4-3-8(15)6-12(9)17-11-2-1-5-16-10(11)7-14/h1-6H,15H2. The van der Waals surface area contributed by atoms with Crippen LogP contribution < -0.4 is 10.5 Å². The highest BCUT2D eigenvalue weighted by atomic mass is 35.5. The maximum Gasteiger partial charge on any atom is 0.183 e. The van der Waals surface area contributed by atoms with E-state index in [0.29, 0.717) is 22.2 Å². The lowest BCUT2D eigenvalue weighted by Gasteiger charge is -2.08. The number of rotatable bonds is 2. The average molecular weight is 246 g/mol. The maximum atomic E-state index is 8.87. The second kappa shape index (κ2) is 4.73. The third kappa shape index (κ3) is 2.47. The van der Waals surface area contributed by atoms with Crippen LogP contribution in [0, 0.1) is 11.3 Å². The quantitative estimate of drug-likeness (QED) is 0.826. The van der Waals surface area contributed by atoms with E-state index in [1.807, 2.05) is 6.07 Å². The first-order valence-corrected chi connectivity index (χ1v) is 5.16. The van der Waals surface area contributed by atoms with E-state index in [2.05, 4.69) is 4.98 Å². The zero-order valence-corrected chi connectivity index (χ0v) is 9.48. The Kier molecular flexibility index (Phi) is 3.12. The largest absolute Gasteiger partial charge is 0.453 e. The molecule has 1 heterocycles. The van der Waals surface area contributed by atoms with Crippen LogP contribution in [0.4, 0.5) is 5.69 Å². The molecule has 5 heteroatoms. The SMILES string of the molecule is N#Cc1ncccc1Oc1cc(N)ccc1Cl. The highest BCUT2D eigenvalue weighted by molar-refractivity contribution is 6.32. The molecule has 1 aromatic carbocycles. The van der Waals surface area contributed by atoms with Gasteiger partial charge in [0, 0.05) is 18.0 Å². The minimum atomic E-state index is 0.200. The molecule has 84 valence electrons. The molecule has 2 aromatic rings. The van der Waals surface area contributed by atoms with Crippen molar-refractivity contribution in [2.45, 2.75) is 0 Å². The van der Waals surface area contributed by atoms with E-state index in [-0.39, 0.29) is 5.69 Å². The number of nitrogens with two attached hydrogens (primary N) is 1. The minimum Gasteiger partial charge on any atom is -0.453 e. The van der Waals surface area contributed by atoms with E-state index in [1.165, 1.54) is 6.20 Å². The summed E-state index contributed by atoms with van der Waals surface area (Å²) in [6, 6.07) is 10.2. The molecule has 0 saturated carbocycles. The number of halogens is 1. The summed E-state index contributed by atoms with van der Waals surface area (Å²) in [6.07, 6.45) is 1.52. The Labute approximate surface area is 103 Å². The smallest absolute Gasteiger partial charge is 0.183 e. The van der Waals surface area contributed by atoms with Gasteiger partial charge in [-0.15, -0.1) is 0 Å². The van der Waals surface area contributed by atoms with Gasteiger partial charge in [-0.3, -0.25) is 0 Å². The second-order valence-corrected chi connectivity index (χ2v) is 3.66. The molecule has 1 aromatic heterocycles.